The highest BCUT2D eigenvalue weighted by Gasteiger charge is 2.23. The van der Waals surface area contributed by atoms with Crippen molar-refractivity contribution in [2.75, 3.05) is 6.54 Å². The molecular formula is C23H18N2O5. The van der Waals surface area contributed by atoms with Gasteiger partial charge in [-0.05, 0) is 17.7 Å². The van der Waals surface area contributed by atoms with Gasteiger partial charge in [0.05, 0.1) is 22.7 Å². The summed E-state index contributed by atoms with van der Waals surface area (Å²) < 4.78 is 5.88. The van der Waals surface area contributed by atoms with E-state index in [1.165, 1.54) is 12.1 Å². The molecule has 0 bridgehead atoms. The van der Waals surface area contributed by atoms with Gasteiger partial charge < -0.3 is 15.2 Å². The molecule has 3 aromatic carbocycles. The average Bonchev–Trinajstić information content (AvgIpc) is 2.96. The Bertz CT molecular complexity index is 1140. The molecule has 3 aromatic rings. The lowest BCUT2D eigenvalue weighted by Gasteiger charge is -2.15. The summed E-state index contributed by atoms with van der Waals surface area (Å²) in [4.78, 5) is 23.7. The van der Waals surface area contributed by atoms with E-state index in [1.807, 2.05) is 18.2 Å². The second kappa shape index (κ2) is 8.18. The molecule has 0 saturated heterocycles. The van der Waals surface area contributed by atoms with Crippen molar-refractivity contribution >= 4 is 23.7 Å². The molecule has 1 heterocycles. The van der Waals surface area contributed by atoms with Crippen molar-refractivity contribution in [1.82, 2.24) is 5.32 Å². The topological polar surface area (TPSA) is 102 Å². The lowest BCUT2D eigenvalue weighted by Crippen LogP contribution is -2.29. The van der Waals surface area contributed by atoms with E-state index >= 15 is 0 Å². The molecular weight excluding hydrogens is 384 g/mol. The lowest BCUT2D eigenvalue weighted by molar-refractivity contribution is -0.384. The Morgan fingerprint density at radius 1 is 1.03 bits per heavy atom. The second-order valence-corrected chi connectivity index (χ2v) is 6.77. The van der Waals surface area contributed by atoms with Gasteiger partial charge in [0.25, 0.3) is 11.6 Å². The highest BCUT2D eigenvalue weighted by molar-refractivity contribution is 6.01. The van der Waals surface area contributed by atoms with E-state index in [9.17, 15) is 20.0 Å². The third-order valence-corrected chi connectivity index (χ3v) is 4.79. The molecule has 30 heavy (non-hydrogen) atoms. The van der Waals surface area contributed by atoms with Crippen LogP contribution in [0.15, 0.2) is 66.7 Å². The number of carbonyl (C=O) groups excluding carboxylic acids is 1. The summed E-state index contributed by atoms with van der Waals surface area (Å²) >= 11 is 0. The number of para-hydroxylation sites is 1. The maximum Gasteiger partial charge on any atom is 0.274 e. The van der Waals surface area contributed by atoms with Crippen molar-refractivity contribution in [3.05, 3.63) is 99.1 Å². The van der Waals surface area contributed by atoms with E-state index in [1.54, 1.807) is 48.6 Å². The number of nitro benzene ring substituents is 1. The first kappa shape index (κ1) is 19.4. The summed E-state index contributed by atoms with van der Waals surface area (Å²) in [7, 11) is 0. The molecule has 1 aliphatic heterocycles. The van der Waals surface area contributed by atoms with Gasteiger partial charge in [-0.2, -0.15) is 0 Å². The number of hydrogen-bond donors (Lipinski definition) is 2. The smallest absolute Gasteiger partial charge is 0.274 e. The van der Waals surface area contributed by atoms with Crippen LogP contribution >= 0.6 is 0 Å². The fourth-order valence-corrected chi connectivity index (χ4v) is 3.24. The number of benzene rings is 3. The van der Waals surface area contributed by atoms with Gasteiger partial charge in [-0.15, -0.1) is 0 Å². The molecule has 0 radical (unpaired) electrons. The van der Waals surface area contributed by atoms with Crippen molar-refractivity contribution < 1.29 is 19.6 Å². The molecule has 0 saturated carbocycles. The maximum absolute atomic E-state index is 12.9. The molecule has 0 unspecified atom stereocenters. The van der Waals surface area contributed by atoms with Crippen molar-refractivity contribution in [1.29, 1.82) is 0 Å². The molecule has 0 aliphatic carbocycles. The summed E-state index contributed by atoms with van der Waals surface area (Å²) in [5.74, 6) is 0.224. The number of nitrogens with one attached hydrogen (secondary N) is 1. The Kier molecular flexibility index (Phi) is 5.28. The van der Waals surface area contributed by atoms with Crippen molar-refractivity contribution in [2.24, 2.45) is 0 Å². The minimum Gasteiger partial charge on any atom is -0.456 e. The van der Waals surface area contributed by atoms with Gasteiger partial charge in [-0.1, -0.05) is 54.6 Å². The first-order chi connectivity index (χ1) is 14.5. The fraction of sp³-hybridized carbons (Fsp3) is 0.0870. The van der Waals surface area contributed by atoms with Gasteiger partial charge in [-0.3, -0.25) is 14.9 Å². The zero-order valence-corrected chi connectivity index (χ0v) is 15.8. The molecule has 7 nitrogen and oxygen atoms in total. The monoisotopic (exact) mass is 402 g/mol. The van der Waals surface area contributed by atoms with Crippen LogP contribution in [0.4, 0.5) is 5.69 Å². The Labute approximate surface area is 172 Å². The van der Waals surface area contributed by atoms with Gasteiger partial charge in [0.2, 0.25) is 0 Å². The van der Waals surface area contributed by atoms with Crippen molar-refractivity contribution in [3.63, 3.8) is 0 Å². The van der Waals surface area contributed by atoms with Crippen LogP contribution < -0.4 is 10.1 Å². The van der Waals surface area contributed by atoms with Crippen molar-refractivity contribution in [2.45, 2.75) is 6.10 Å². The van der Waals surface area contributed by atoms with E-state index in [-0.39, 0.29) is 23.5 Å². The van der Waals surface area contributed by atoms with Gasteiger partial charge in [0.15, 0.2) is 0 Å². The summed E-state index contributed by atoms with van der Waals surface area (Å²) in [6.07, 6.45) is 2.60. The summed E-state index contributed by atoms with van der Waals surface area (Å²) in [5.41, 5.74) is 1.74. The Hall–Kier alpha value is -3.97. The molecule has 7 heteroatoms. The number of aliphatic hydroxyl groups is 1. The van der Waals surface area contributed by atoms with Crippen LogP contribution in [0.5, 0.6) is 11.5 Å². The van der Waals surface area contributed by atoms with Crippen LogP contribution in [0.2, 0.25) is 0 Å². The number of nitro groups is 1. The molecule has 2 N–H and O–H groups in total. The van der Waals surface area contributed by atoms with Gasteiger partial charge in [0, 0.05) is 23.7 Å². The largest absolute Gasteiger partial charge is 0.456 e. The third kappa shape index (κ3) is 3.92. The number of ether oxygens (including phenoxy) is 1. The zero-order valence-electron chi connectivity index (χ0n) is 15.8. The van der Waals surface area contributed by atoms with E-state index in [4.69, 9.17) is 4.74 Å². The fourth-order valence-electron chi connectivity index (χ4n) is 3.24. The SMILES string of the molecule is O=C(NC[C@H](O)c1ccccc1)c1cc([N+](=O)[O-])cc2c1C=Cc1ccccc1O2. The summed E-state index contributed by atoms with van der Waals surface area (Å²) in [5, 5.41) is 24.4. The van der Waals surface area contributed by atoms with Gasteiger partial charge in [-0.25, -0.2) is 0 Å². The van der Waals surface area contributed by atoms with Crippen LogP contribution in [0.1, 0.15) is 33.2 Å². The molecule has 1 amide bonds. The number of rotatable bonds is 5. The Morgan fingerprint density at radius 2 is 1.77 bits per heavy atom. The summed E-state index contributed by atoms with van der Waals surface area (Å²) in [6, 6.07) is 18.7. The minimum atomic E-state index is -0.900. The molecule has 1 aliphatic rings. The first-order valence-corrected chi connectivity index (χ1v) is 9.31. The number of hydrogen-bond acceptors (Lipinski definition) is 5. The standard InChI is InChI=1S/C23H18N2O5/c26-20(15-6-2-1-3-7-15)14-24-23(27)19-12-17(25(28)29)13-22-18(19)11-10-16-8-4-5-9-21(16)30-22/h1-13,20,26H,14H2,(H,24,27)/t20-/m0/s1. The molecule has 0 fully saturated rings. The van der Waals surface area contributed by atoms with E-state index < -0.39 is 16.9 Å². The molecule has 0 spiro atoms. The third-order valence-electron chi connectivity index (χ3n) is 4.79. The number of amides is 1. The maximum atomic E-state index is 12.9. The van der Waals surface area contributed by atoms with Crippen molar-refractivity contribution in [3.8, 4) is 11.5 Å². The zero-order chi connectivity index (χ0) is 21.1. The number of nitrogens with zero attached hydrogens (tertiary/aromatic N) is 1. The second-order valence-electron chi connectivity index (χ2n) is 6.77. The van der Waals surface area contributed by atoms with Gasteiger partial charge in [0.1, 0.15) is 11.5 Å². The highest BCUT2D eigenvalue weighted by atomic mass is 16.6. The summed E-state index contributed by atoms with van der Waals surface area (Å²) in [6.45, 7) is -0.0366. The predicted molar refractivity (Wildman–Crippen MR) is 112 cm³/mol. The molecule has 150 valence electrons. The van der Waals surface area contributed by atoms with Crippen LogP contribution in [-0.2, 0) is 0 Å². The minimum absolute atomic E-state index is 0.0366. The number of non-ortho nitro benzene ring substituents is 1. The Balaban J connectivity index is 1.65. The lowest BCUT2D eigenvalue weighted by atomic mass is 10.0. The molecule has 0 aromatic heterocycles. The van der Waals surface area contributed by atoms with E-state index in [0.717, 1.165) is 5.56 Å². The molecule has 1 atom stereocenters. The quantitative estimate of drug-likeness (QED) is 0.382. The van der Waals surface area contributed by atoms with Crippen LogP contribution in [-0.4, -0.2) is 22.5 Å². The average molecular weight is 402 g/mol. The highest BCUT2D eigenvalue weighted by Crippen LogP contribution is 2.38. The van der Waals surface area contributed by atoms with E-state index in [0.29, 0.717) is 16.9 Å². The molecule has 4 rings (SSSR count). The van der Waals surface area contributed by atoms with E-state index in [2.05, 4.69) is 5.32 Å². The van der Waals surface area contributed by atoms with Crippen LogP contribution in [0.25, 0.3) is 12.2 Å². The van der Waals surface area contributed by atoms with Crippen LogP contribution in [0, 0.1) is 10.1 Å². The number of fused-ring (bicyclic) bond motifs is 2. The predicted octanol–water partition coefficient (Wildman–Crippen LogP) is 4.33. The Morgan fingerprint density at radius 3 is 2.53 bits per heavy atom. The number of carbonyl (C=O) groups is 1. The van der Waals surface area contributed by atoms with Gasteiger partial charge >= 0.3 is 0 Å². The van der Waals surface area contributed by atoms with Crippen LogP contribution in [0.3, 0.4) is 0 Å². The normalized spacial score (nSPS) is 12.7. The first-order valence-electron chi connectivity index (χ1n) is 9.31. The number of aliphatic hydroxyl groups excluding tert-OH is 1.